The van der Waals surface area contributed by atoms with Crippen molar-refractivity contribution >= 4 is 53.0 Å². The molecule has 0 aromatic heterocycles. The van der Waals surface area contributed by atoms with Crippen molar-refractivity contribution in [2.75, 3.05) is 26.7 Å². The maximum Gasteiger partial charge on any atom is 0.328 e. The van der Waals surface area contributed by atoms with Crippen LogP contribution in [-0.2, 0) is 44.7 Å². The molecule has 3 heterocycles. The molecule has 17 heteroatoms. The average molecular weight is 709 g/mol. The SMILES string of the molecule is C[C@@H]1NC(=O)[C@H](C)N(C)C(=O)[C@@H]2CCCN2C(=O)[C@@H](NC(=O)[C@H](Cc2cc(F)cc(F)c2)NC(=O)C=CCl)COC(=O)[C@@H]2CCCN2C1=O. The van der Waals surface area contributed by atoms with Crippen LogP contribution in [-0.4, -0.2) is 119 Å². The van der Waals surface area contributed by atoms with Gasteiger partial charge in [-0.3, -0.25) is 28.8 Å². The lowest BCUT2D eigenvalue weighted by Crippen LogP contribution is -2.60. The predicted molar refractivity (Wildman–Crippen MR) is 169 cm³/mol. The molecule has 1 aromatic rings. The van der Waals surface area contributed by atoms with Gasteiger partial charge in [-0.05, 0) is 57.2 Å². The van der Waals surface area contributed by atoms with E-state index in [2.05, 4.69) is 16.0 Å². The molecule has 3 saturated heterocycles. The molecule has 6 amide bonds. The zero-order valence-corrected chi connectivity index (χ0v) is 28.0. The van der Waals surface area contributed by atoms with E-state index in [4.69, 9.17) is 16.3 Å². The summed E-state index contributed by atoms with van der Waals surface area (Å²) in [6, 6.07) is -4.59. The first-order valence-corrected chi connectivity index (χ1v) is 16.3. The minimum Gasteiger partial charge on any atom is -0.461 e. The lowest BCUT2D eigenvalue weighted by atomic mass is 10.0. The Morgan fingerprint density at radius 3 is 2.22 bits per heavy atom. The second kappa shape index (κ2) is 16.2. The number of nitrogens with zero attached hydrogens (tertiary/aromatic N) is 3. The Hall–Kier alpha value is -4.60. The summed E-state index contributed by atoms with van der Waals surface area (Å²) in [6.45, 7) is 2.56. The van der Waals surface area contributed by atoms with E-state index in [-0.39, 0.29) is 31.5 Å². The van der Waals surface area contributed by atoms with Crippen molar-refractivity contribution in [3.05, 3.63) is 47.0 Å². The van der Waals surface area contributed by atoms with Crippen LogP contribution >= 0.6 is 11.6 Å². The number of rotatable bonds is 6. The molecule has 266 valence electrons. The summed E-state index contributed by atoms with van der Waals surface area (Å²) >= 11 is 5.51. The van der Waals surface area contributed by atoms with Gasteiger partial charge in [0.05, 0.1) is 0 Å². The summed E-state index contributed by atoms with van der Waals surface area (Å²) in [5.74, 6) is -6.99. The first-order valence-electron chi connectivity index (χ1n) is 15.9. The zero-order chi connectivity index (χ0) is 36.0. The van der Waals surface area contributed by atoms with Crippen LogP contribution in [0.25, 0.3) is 0 Å². The first kappa shape index (κ1) is 37.2. The Labute approximate surface area is 286 Å². The smallest absolute Gasteiger partial charge is 0.328 e. The van der Waals surface area contributed by atoms with Crippen LogP contribution in [0.4, 0.5) is 8.78 Å². The molecule has 3 aliphatic heterocycles. The van der Waals surface area contributed by atoms with Crippen molar-refractivity contribution in [1.82, 2.24) is 30.7 Å². The monoisotopic (exact) mass is 708 g/mol. The number of likely N-dealkylation sites (N-methyl/N-ethyl adjacent to an activating group) is 1. The quantitative estimate of drug-likeness (QED) is 0.276. The molecule has 6 atom stereocenters. The Kier molecular flexibility index (Phi) is 12.3. The Balaban J connectivity index is 1.67. The van der Waals surface area contributed by atoms with Gasteiger partial charge in [-0.25, -0.2) is 13.6 Å². The van der Waals surface area contributed by atoms with Gasteiger partial charge in [-0.2, -0.15) is 0 Å². The molecule has 0 radical (unpaired) electrons. The van der Waals surface area contributed by atoms with E-state index in [1.54, 1.807) is 0 Å². The number of halogens is 3. The lowest BCUT2D eigenvalue weighted by molar-refractivity contribution is -0.158. The Morgan fingerprint density at radius 1 is 0.980 bits per heavy atom. The maximum atomic E-state index is 14.1. The number of amides is 6. The number of carbonyl (C=O) groups excluding carboxylic acids is 7. The van der Waals surface area contributed by atoms with E-state index < -0.39 is 102 Å². The van der Waals surface area contributed by atoms with Crippen LogP contribution < -0.4 is 16.0 Å². The fourth-order valence-corrected chi connectivity index (χ4v) is 6.28. The van der Waals surface area contributed by atoms with Gasteiger partial charge < -0.3 is 35.4 Å². The molecule has 14 nitrogen and oxygen atoms in total. The minimum absolute atomic E-state index is 0.00941. The topological polar surface area (TPSA) is 175 Å². The summed E-state index contributed by atoms with van der Waals surface area (Å²) in [6.07, 6.45) is 1.87. The van der Waals surface area contributed by atoms with Gasteiger partial charge in [0.2, 0.25) is 35.4 Å². The van der Waals surface area contributed by atoms with Crippen LogP contribution in [0.3, 0.4) is 0 Å². The van der Waals surface area contributed by atoms with Crippen LogP contribution in [0.1, 0.15) is 45.1 Å². The predicted octanol–water partition coefficient (Wildman–Crippen LogP) is 0.120. The zero-order valence-electron chi connectivity index (χ0n) is 27.2. The second-order valence-electron chi connectivity index (χ2n) is 12.3. The molecule has 0 unspecified atom stereocenters. The third-order valence-electron chi connectivity index (χ3n) is 8.88. The standard InChI is InChI=1S/C32H39ClF2N6O8/c1-17-29(45)41-11-5-7-25(41)32(48)49-16-23(30(46)40-10-4-6-24(40)31(47)39(3)18(2)27(43)36-17)38-28(44)22(37-26(42)8-9-33)14-19-12-20(34)15-21(35)13-19/h8-9,12-13,15,17-18,22-25H,4-7,10-11,14,16H2,1-3H3,(H,36,43)(H,37,42)(H,38,44)/t17-,18-,22-,23-,24-,25-/m0/s1. The molecular formula is C32H39ClF2N6O8. The summed E-state index contributed by atoms with van der Waals surface area (Å²) in [4.78, 5) is 97.2. The number of cyclic esters (lactones) is 1. The summed E-state index contributed by atoms with van der Waals surface area (Å²) in [7, 11) is 1.40. The second-order valence-corrected chi connectivity index (χ2v) is 12.5. The average Bonchev–Trinajstić information content (AvgIpc) is 3.74. The van der Waals surface area contributed by atoms with Crippen LogP contribution in [0.15, 0.2) is 29.8 Å². The van der Waals surface area contributed by atoms with Crippen molar-refractivity contribution in [2.45, 2.75) is 82.2 Å². The molecule has 0 bridgehead atoms. The number of carbonyl (C=O) groups is 7. The van der Waals surface area contributed by atoms with Crippen LogP contribution in [0.5, 0.6) is 0 Å². The number of hydrogen-bond acceptors (Lipinski definition) is 8. The van der Waals surface area contributed by atoms with Gasteiger partial charge in [0.15, 0.2) is 0 Å². The fourth-order valence-electron chi connectivity index (χ4n) is 6.17. The Morgan fingerprint density at radius 2 is 1.59 bits per heavy atom. The summed E-state index contributed by atoms with van der Waals surface area (Å²) < 4.78 is 33.5. The van der Waals surface area contributed by atoms with Crippen molar-refractivity contribution < 1.29 is 47.1 Å². The van der Waals surface area contributed by atoms with Gasteiger partial charge in [-0.15, -0.1) is 0 Å². The van der Waals surface area contributed by atoms with E-state index in [9.17, 15) is 42.3 Å². The van der Waals surface area contributed by atoms with Crippen molar-refractivity contribution in [3.8, 4) is 0 Å². The normalized spacial score (nSPS) is 26.3. The highest BCUT2D eigenvalue weighted by Crippen LogP contribution is 2.23. The lowest BCUT2D eigenvalue weighted by Gasteiger charge is -2.34. The van der Waals surface area contributed by atoms with Gasteiger partial charge in [0, 0.05) is 44.2 Å². The summed E-state index contributed by atoms with van der Waals surface area (Å²) in [5.41, 5.74) is 0.899. The van der Waals surface area contributed by atoms with Crippen LogP contribution in [0.2, 0.25) is 0 Å². The number of benzene rings is 1. The fraction of sp³-hybridized carbons (Fsp3) is 0.531. The number of esters is 1. The van der Waals surface area contributed by atoms with E-state index >= 15 is 0 Å². The molecule has 0 aliphatic carbocycles. The van der Waals surface area contributed by atoms with Gasteiger partial charge in [0.25, 0.3) is 0 Å². The number of hydrogen-bond donors (Lipinski definition) is 3. The van der Waals surface area contributed by atoms with E-state index in [0.717, 1.165) is 23.7 Å². The third kappa shape index (κ3) is 8.90. The third-order valence-corrected chi connectivity index (χ3v) is 9.01. The Bertz CT molecular complexity index is 1510. The maximum absolute atomic E-state index is 14.1. The van der Waals surface area contributed by atoms with Gasteiger partial charge in [-0.1, -0.05) is 11.6 Å². The number of nitrogens with one attached hydrogen (secondary N) is 3. The molecule has 49 heavy (non-hydrogen) atoms. The van der Waals surface area contributed by atoms with E-state index in [0.29, 0.717) is 18.9 Å². The first-order chi connectivity index (χ1) is 23.2. The van der Waals surface area contributed by atoms with E-state index in [1.165, 1.54) is 35.6 Å². The molecule has 4 rings (SSSR count). The molecule has 1 aromatic carbocycles. The molecular weight excluding hydrogens is 670 g/mol. The van der Waals surface area contributed by atoms with Gasteiger partial charge >= 0.3 is 5.97 Å². The highest BCUT2D eigenvalue weighted by molar-refractivity contribution is 6.26. The number of ether oxygens (including phenoxy) is 1. The summed E-state index contributed by atoms with van der Waals surface area (Å²) in [5, 5.41) is 7.47. The van der Waals surface area contributed by atoms with Crippen LogP contribution in [0, 0.1) is 11.6 Å². The largest absolute Gasteiger partial charge is 0.461 e. The van der Waals surface area contributed by atoms with E-state index in [1.807, 2.05) is 0 Å². The number of fused-ring (bicyclic) bond motifs is 2. The van der Waals surface area contributed by atoms with Gasteiger partial charge in [0.1, 0.15) is 54.5 Å². The van der Waals surface area contributed by atoms with Crippen molar-refractivity contribution in [2.24, 2.45) is 0 Å². The van der Waals surface area contributed by atoms with Crippen molar-refractivity contribution in [3.63, 3.8) is 0 Å². The molecule has 3 aliphatic rings. The highest BCUT2D eigenvalue weighted by atomic mass is 35.5. The minimum atomic E-state index is -1.58. The molecule has 0 saturated carbocycles. The molecule has 3 fully saturated rings. The highest BCUT2D eigenvalue weighted by Gasteiger charge is 2.43. The van der Waals surface area contributed by atoms with Crippen molar-refractivity contribution in [1.29, 1.82) is 0 Å². The molecule has 0 spiro atoms. The molecule has 3 N–H and O–H groups in total.